The molecule has 1 aliphatic carbocycles. The molecule has 0 bridgehead atoms. The third-order valence-corrected chi connectivity index (χ3v) is 2.58. The minimum absolute atomic E-state index is 0.549. The fourth-order valence-electron chi connectivity index (χ4n) is 1.07. The largest absolute Gasteiger partial charge is 0.390 e. The molecule has 0 radical (unpaired) electrons. The van der Waals surface area contributed by atoms with Crippen molar-refractivity contribution >= 4 is 11.8 Å². The summed E-state index contributed by atoms with van der Waals surface area (Å²) in [5, 5.41) is 18.5. The summed E-state index contributed by atoms with van der Waals surface area (Å²) in [5.74, 6) is 0. The smallest absolute Gasteiger partial charge is 0.110 e. The van der Waals surface area contributed by atoms with E-state index in [1.807, 2.05) is 12.3 Å². The van der Waals surface area contributed by atoms with E-state index in [0.717, 1.165) is 11.3 Å². The van der Waals surface area contributed by atoms with Gasteiger partial charge in [-0.2, -0.15) is 0 Å². The predicted molar refractivity (Wildman–Crippen MR) is 42.8 cm³/mol. The Hall–Kier alpha value is 0.01000. The molecule has 0 fully saturated rings. The van der Waals surface area contributed by atoms with Gasteiger partial charge in [-0.1, -0.05) is 6.08 Å². The van der Waals surface area contributed by atoms with Crippen molar-refractivity contribution in [1.82, 2.24) is 0 Å². The molecule has 0 heterocycles. The third kappa shape index (κ3) is 1.54. The van der Waals surface area contributed by atoms with E-state index >= 15 is 0 Å². The molecule has 3 heteroatoms. The summed E-state index contributed by atoms with van der Waals surface area (Å²) >= 11 is 1.51. The number of hydrogen-bond acceptors (Lipinski definition) is 3. The van der Waals surface area contributed by atoms with Crippen LogP contribution in [0, 0.1) is 0 Å². The van der Waals surface area contributed by atoms with Crippen LogP contribution in [0.4, 0.5) is 0 Å². The molecule has 0 spiro atoms. The van der Waals surface area contributed by atoms with E-state index in [-0.39, 0.29) is 0 Å². The normalized spacial score (nSPS) is 33.7. The monoisotopic (exact) mass is 160 g/mol. The fourth-order valence-corrected chi connectivity index (χ4v) is 1.75. The molecule has 0 unspecified atom stereocenters. The molecule has 0 saturated heterocycles. The number of rotatable bonds is 1. The topological polar surface area (TPSA) is 40.5 Å². The number of allylic oxidation sites excluding steroid dienone is 1. The molecule has 2 nitrogen and oxygen atoms in total. The summed E-state index contributed by atoms with van der Waals surface area (Å²) in [6.45, 7) is 0. The van der Waals surface area contributed by atoms with Gasteiger partial charge in [0.15, 0.2) is 0 Å². The summed E-state index contributed by atoms with van der Waals surface area (Å²) in [4.78, 5) is 0.902. The van der Waals surface area contributed by atoms with E-state index in [4.69, 9.17) is 0 Å². The standard InChI is InChI=1S/C7H12O2S/c1-10-6-4-2-3-5(8)7(6)9/h4-5,7-9H,2-3H2,1H3/t5-,7-/m0/s1. The molecule has 2 N–H and O–H groups in total. The van der Waals surface area contributed by atoms with E-state index in [9.17, 15) is 10.2 Å². The summed E-state index contributed by atoms with van der Waals surface area (Å²) < 4.78 is 0. The fraction of sp³-hybridized carbons (Fsp3) is 0.714. The zero-order chi connectivity index (χ0) is 7.56. The Labute approximate surface area is 64.9 Å². The second-order valence-corrected chi connectivity index (χ2v) is 3.28. The van der Waals surface area contributed by atoms with E-state index in [1.54, 1.807) is 0 Å². The molecule has 0 aliphatic heterocycles. The van der Waals surface area contributed by atoms with Gasteiger partial charge in [-0.3, -0.25) is 0 Å². The van der Waals surface area contributed by atoms with Crippen molar-refractivity contribution in [3.05, 3.63) is 11.0 Å². The van der Waals surface area contributed by atoms with Crippen molar-refractivity contribution in [2.45, 2.75) is 25.0 Å². The SMILES string of the molecule is CSC1=CCC[C@H](O)[C@@H]1O. The maximum Gasteiger partial charge on any atom is 0.110 e. The third-order valence-electron chi connectivity index (χ3n) is 1.70. The van der Waals surface area contributed by atoms with E-state index in [2.05, 4.69) is 0 Å². The second kappa shape index (κ2) is 3.42. The molecule has 0 aromatic heterocycles. The quantitative estimate of drug-likeness (QED) is 0.594. The lowest BCUT2D eigenvalue weighted by Crippen LogP contribution is -2.29. The van der Waals surface area contributed by atoms with Gasteiger partial charge in [-0.15, -0.1) is 11.8 Å². The van der Waals surface area contributed by atoms with Crippen LogP contribution >= 0.6 is 11.8 Å². The Balaban J connectivity index is 2.62. The highest BCUT2D eigenvalue weighted by Crippen LogP contribution is 2.25. The molecule has 0 amide bonds. The molecule has 1 rings (SSSR count). The highest BCUT2D eigenvalue weighted by molar-refractivity contribution is 8.02. The first kappa shape index (κ1) is 8.11. The molecule has 0 saturated carbocycles. The Kier molecular flexibility index (Phi) is 2.77. The summed E-state index contributed by atoms with van der Waals surface area (Å²) in [6.07, 6.45) is 4.28. The molecule has 10 heavy (non-hydrogen) atoms. The van der Waals surface area contributed by atoms with E-state index in [0.29, 0.717) is 6.42 Å². The number of hydrogen-bond donors (Lipinski definition) is 2. The van der Waals surface area contributed by atoms with Gasteiger partial charge in [0.25, 0.3) is 0 Å². The van der Waals surface area contributed by atoms with Gasteiger partial charge in [0.1, 0.15) is 6.10 Å². The van der Waals surface area contributed by atoms with Gasteiger partial charge in [0.2, 0.25) is 0 Å². The van der Waals surface area contributed by atoms with Gasteiger partial charge in [-0.05, 0) is 19.1 Å². The minimum atomic E-state index is -0.635. The first-order valence-corrected chi connectivity index (χ1v) is 4.58. The molecular weight excluding hydrogens is 148 g/mol. The Bertz CT molecular complexity index is 145. The number of aliphatic hydroxyl groups is 2. The van der Waals surface area contributed by atoms with Crippen molar-refractivity contribution in [1.29, 1.82) is 0 Å². The highest BCUT2D eigenvalue weighted by atomic mass is 32.2. The molecule has 0 aromatic carbocycles. The zero-order valence-corrected chi connectivity index (χ0v) is 6.77. The van der Waals surface area contributed by atoms with Crippen molar-refractivity contribution in [2.75, 3.05) is 6.26 Å². The van der Waals surface area contributed by atoms with E-state index in [1.165, 1.54) is 11.8 Å². The highest BCUT2D eigenvalue weighted by Gasteiger charge is 2.22. The van der Waals surface area contributed by atoms with Crippen molar-refractivity contribution < 1.29 is 10.2 Å². The average molecular weight is 160 g/mol. The predicted octanol–water partition coefficient (Wildman–Crippen LogP) is 0.749. The Morgan fingerprint density at radius 1 is 1.60 bits per heavy atom. The Morgan fingerprint density at radius 3 is 2.80 bits per heavy atom. The summed E-state index contributed by atoms with van der Waals surface area (Å²) in [5.41, 5.74) is 0. The lowest BCUT2D eigenvalue weighted by molar-refractivity contribution is 0.0366. The van der Waals surface area contributed by atoms with Crippen LogP contribution in [0.15, 0.2) is 11.0 Å². The lowest BCUT2D eigenvalue weighted by Gasteiger charge is -2.23. The van der Waals surface area contributed by atoms with Crippen molar-refractivity contribution in [2.24, 2.45) is 0 Å². The molecule has 2 atom stereocenters. The van der Waals surface area contributed by atoms with Gasteiger partial charge in [-0.25, -0.2) is 0 Å². The van der Waals surface area contributed by atoms with E-state index < -0.39 is 12.2 Å². The molecule has 0 aromatic rings. The van der Waals surface area contributed by atoms with Crippen LogP contribution in [0.5, 0.6) is 0 Å². The van der Waals surface area contributed by atoms with Crippen LogP contribution in [0.2, 0.25) is 0 Å². The maximum atomic E-state index is 9.30. The van der Waals surface area contributed by atoms with Crippen molar-refractivity contribution in [3.63, 3.8) is 0 Å². The van der Waals surface area contributed by atoms with Gasteiger partial charge in [0.05, 0.1) is 6.10 Å². The van der Waals surface area contributed by atoms with Crippen LogP contribution < -0.4 is 0 Å². The Morgan fingerprint density at radius 2 is 2.30 bits per heavy atom. The van der Waals surface area contributed by atoms with Crippen LogP contribution in [0.1, 0.15) is 12.8 Å². The summed E-state index contributed by atoms with van der Waals surface area (Å²) in [7, 11) is 0. The van der Waals surface area contributed by atoms with Crippen LogP contribution in [0.3, 0.4) is 0 Å². The molecule has 1 aliphatic rings. The van der Waals surface area contributed by atoms with Crippen molar-refractivity contribution in [3.8, 4) is 0 Å². The molecule has 58 valence electrons. The average Bonchev–Trinajstić information content (AvgIpc) is 1.95. The lowest BCUT2D eigenvalue weighted by atomic mass is 10.0. The van der Waals surface area contributed by atoms with Gasteiger partial charge < -0.3 is 10.2 Å². The molecular formula is C7H12O2S. The zero-order valence-electron chi connectivity index (χ0n) is 5.95. The first-order valence-electron chi connectivity index (χ1n) is 3.36. The second-order valence-electron chi connectivity index (χ2n) is 2.40. The van der Waals surface area contributed by atoms with Gasteiger partial charge in [0, 0.05) is 4.91 Å². The number of aliphatic hydroxyl groups excluding tert-OH is 2. The summed E-state index contributed by atoms with van der Waals surface area (Å²) in [6, 6.07) is 0. The van der Waals surface area contributed by atoms with Crippen LogP contribution in [-0.2, 0) is 0 Å². The minimum Gasteiger partial charge on any atom is -0.390 e. The van der Waals surface area contributed by atoms with Gasteiger partial charge >= 0.3 is 0 Å². The van der Waals surface area contributed by atoms with Crippen LogP contribution in [-0.4, -0.2) is 28.7 Å². The van der Waals surface area contributed by atoms with Crippen LogP contribution in [0.25, 0.3) is 0 Å². The number of thioether (sulfide) groups is 1. The first-order chi connectivity index (χ1) is 4.75. The maximum absolute atomic E-state index is 9.30.